The van der Waals surface area contributed by atoms with Crippen LogP contribution in [0.3, 0.4) is 0 Å². The quantitative estimate of drug-likeness (QED) is 0.447. The van der Waals surface area contributed by atoms with Gasteiger partial charge < -0.3 is 0 Å². The molecule has 1 unspecified atom stereocenters. The van der Waals surface area contributed by atoms with Crippen LogP contribution in [-0.4, -0.2) is 24.0 Å². The lowest BCUT2D eigenvalue weighted by Crippen LogP contribution is -2.13. The molecule has 0 N–H and O–H groups in total. The van der Waals surface area contributed by atoms with Gasteiger partial charge in [-0.3, -0.25) is 0 Å². The Morgan fingerprint density at radius 2 is 1.70 bits per heavy atom. The Morgan fingerprint density at radius 1 is 1.10 bits per heavy atom. The molecule has 0 bridgehead atoms. The summed E-state index contributed by atoms with van der Waals surface area (Å²) < 4.78 is 0. The first-order valence-corrected chi connectivity index (χ1v) is 11.9. The van der Waals surface area contributed by atoms with E-state index in [1.807, 2.05) is 11.3 Å². The van der Waals surface area contributed by atoms with E-state index >= 15 is 0 Å². The van der Waals surface area contributed by atoms with E-state index in [-0.39, 0.29) is 0 Å². The maximum Gasteiger partial charge on any atom is 0.112 e. The fourth-order valence-electron chi connectivity index (χ4n) is 3.05. The number of aromatic nitrogens is 1. The third-order valence-electron chi connectivity index (χ3n) is 4.34. The van der Waals surface area contributed by atoms with E-state index in [1.165, 1.54) is 61.6 Å². The smallest absolute Gasteiger partial charge is 0.112 e. The molecule has 0 fully saturated rings. The van der Waals surface area contributed by atoms with Gasteiger partial charge in [0.25, 0.3) is 0 Å². The Hall–Kier alpha value is 0.0600. The summed E-state index contributed by atoms with van der Waals surface area (Å²) >= 11 is 1.83. The minimum atomic E-state index is -0.893. The van der Waals surface area contributed by atoms with E-state index in [1.54, 1.807) is 0 Å². The zero-order valence-electron chi connectivity index (χ0n) is 14.1. The van der Waals surface area contributed by atoms with E-state index in [9.17, 15) is 0 Å². The van der Waals surface area contributed by atoms with E-state index < -0.39 is 7.26 Å². The largest absolute Gasteiger partial charge is 0.242 e. The summed E-state index contributed by atoms with van der Waals surface area (Å²) in [5.41, 5.74) is 2.17. The number of rotatable bonds is 10. The molecule has 3 heteroatoms. The van der Waals surface area contributed by atoms with E-state index in [0.29, 0.717) is 0 Å². The predicted molar refractivity (Wildman–Crippen MR) is 96.9 cm³/mol. The van der Waals surface area contributed by atoms with Crippen molar-refractivity contribution in [2.75, 3.05) is 19.0 Å². The second-order valence-corrected chi connectivity index (χ2v) is 11.8. The van der Waals surface area contributed by atoms with Crippen LogP contribution in [-0.2, 0) is 0 Å². The monoisotopic (exact) mass is 314 g/mol. The number of aryl methyl sites for hydroxylation is 1. The van der Waals surface area contributed by atoms with Crippen molar-refractivity contribution < 1.29 is 0 Å². The van der Waals surface area contributed by atoms with Gasteiger partial charge in [0.15, 0.2) is 0 Å². The summed E-state index contributed by atoms with van der Waals surface area (Å²) in [7, 11) is -0.893. The van der Waals surface area contributed by atoms with Crippen molar-refractivity contribution in [3.05, 3.63) is 16.1 Å². The summed E-state index contributed by atoms with van der Waals surface area (Å²) in [6.45, 7) is 11.8. The van der Waals surface area contributed by atoms with Crippen LogP contribution in [0.25, 0.3) is 0 Å². The number of hydrogen-bond donors (Lipinski definition) is 0. The molecule has 1 aromatic rings. The fraction of sp³-hybridized carbons (Fsp3) is 0.824. The second kappa shape index (κ2) is 9.15. The van der Waals surface area contributed by atoms with Gasteiger partial charge in [0.2, 0.25) is 0 Å². The van der Waals surface area contributed by atoms with Crippen molar-refractivity contribution in [2.24, 2.45) is 0 Å². The number of hydrogen-bond acceptors (Lipinski definition) is 2. The Labute approximate surface area is 130 Å². The molecule has 0 aliphatic heterocycles. The molecule has 1 aromatic heterocycles. The van der Waals surface area contributed by atoms with Gasteiger partial charge in [-0.15, -0.1) is 11.3 Å². The van der Waals surface area contributed by atoms with Crippen molar-refractivity contribution >= 4 is 18.6 Å². The van der Waals surface area contributed by atoms with Gasteiger partial charge in [-0.2, -0.15) is 0 Å². The SMILES string of the molecule is CCCC[P+](C)(CCCC)C(CCC)c1csc(C)n1. The Morgan fingerprint density at radius 3 is 2.10 bits per heavy atom. The van der Waals surface area contributed by atoms with Gasteiger partial charge in [-0.25, -0.2) is 4.98 Å². The van der Waals surface area contributed by atoms with Crippen LogP contribution in [0.2, 0.25) is 0 Å². The van der Waals surface area contributed by atoms with E-state index in [2.05, 4.69) is 39.7 Å². The molecule has 1 heterocycles. The summed E-state index contributed by atoms with van der Waals surface area (Å²) in [4.78, 5) is 4.86. The highest BCUT2D eigenvalue weighted by molar-refractivity contribution is 7.75. The molecule has 0 saturated carbocycles. The molecule has 0 aromatic carbocycles. The summed E-state index contributed by atoms with van der Waals surface area (Å²) in [5.74, 6) is 0. The third kappa shape index (κ3) is 5.11. The lowest BCUT2D eigenvalue weighted by Gasteiger charge is -2.31. The molecule has 0 aliphatic carbocycles. The number of unbranched alkanes of at least 4 members (excludes halogenated alkanes) is 2. The van der Waals surface area contributed by atoms with E-state index in [4.69, 9.17) is 4.98 Å². The predicted octanol–water partition coefficient (Wildman–Crippen LogP) is 6.54. The van der Waals surface area contributed by atoms with Gasteiger partial charge in [0.05, 0.1) is 23.0 Å². The number of nitrogens with zero attached hydrogens (tertiary/aromatic N) is 1. The molecule has 0 amide bonds. The molecule has 1 atom stereocenters. The van der Waals surface area contributed by atoms with Crippen LogP contribution in [0.5, 0.6) is 0 Å². The van der Waals surface area contributed by atoms with Crippen molar-refractivity contribution in [2.45, 2.75) is 71.9 Å². The van der Waals surface area contributed by atoms with Crippen LogP contribution < -0.4 is 0 Å². The highest BCUT2D eigenvalue weighted by atomic mass is 32.1. The van der Waals surface area contributed by atoms with Crippen molar-refractivity contribution in [3.63, 3.8) is 0 Å². The fourth-order valence-corrected chi connectivity index (χ4v) is 8.39. The standard InChI is InChI=1S/C17H33NPS/c1-6-9-12-19(5,13-10-7-2)17(11-8-3)16-14-20-15(4)18-16/h14,17H,6-13H2,1-5H3/q+1. The van der Waals surface area contributed by atoms with Crippen molar-refractivity contribution in [1.82, 2.24) is 4.98 Å². The number of thiazole rings is 1. The molecule has 20 heavy (non-hydrogen) atoms. The lowest BCUT2D eigenvalue weighted by atomic mass is 10.2. The van der Waals surface area contributed by atoms with Crippen LogP contribution in [0, 0.1) is 6.92 Å². The first kappa shape index (κ1) is 18.1. The first-order chi connectivity index (χ1) is 9.57. The normalized spacial score (nSPS) is 13.7. The summed E-state index contributed by atoms with van der Waals surface area (Å²) in [5, 5.41) is 3.57. The van der Waals surface area contributed by atoms with Crippen molar-refractivity contribution in [3.8, 4) is 0 Å². The molecule has 1 rings (SSSR count). The molecule has 0 spiro atoms. The maximum atomic E-state index is 4.86. The Bertz CT molecular complexity index is 367. The van der Waals surface area contributed by atoms with Gasteiger partial charge in [0.1, 0.15) is 5.66 Å². The highest BCUT2D eigenvalue weighted by Crippen LogP contribution is 2.69. The topological polar surface area (TPSA) is 12.9 Å². The van der Waals surface area contributed by atoms with Gasteiger partial charge in [0, 0.05) is 19.3 Å². The molecule has 1 nitrogen and oxygen atoms in total. The second-order valence-electron chi connectivity index (χ2n) is 6.23. The van der Waals surface area contributed by atoms with Crippen molar-refractivity contribution in [1.29, 1.82) is 0 Å². The molecule has 0 aliphatic rings. The maximum absolute atomic E-state index is 4.86. The summed E-state index contributed by atoms with van der Waals surface area (Å²) in [6.07, 6.45) is 11.0. The summed E-state index contributed by atoms with van der Waals surface area (Å²) in [6, 6.07) is 0. The zero-order valence-corrected chi connectivity index (χ0v) is 15.8. The van der Waals surface area contributed by atoms with Crippen LogP contribution in [0.15, 0.2) is 5.38 Å². The van der Waals surface area contributed by atoms with Crippen LogP contribution in [0.1, 0.15) is 75.7 Å². The molecular weight excluding hydrogens is 281 g/mol. The third-order valence-corrected chi connectivity index (χ3v) is 9.83. The minimum Gasteiger partial charge on any atom is -0.242 e. The Balaban J connectivity index is 2.96. The Kier molecular flexibility index (Phi) is 8.29. The molecule has 0 radical (unpaired) electrons. The van der Waals surface area contributed by atoms with E-state index in [0.717, 1.165) is 5.66 Å². The first-order valence-electron chi connectivity index (χ1n) is 8.33. The minimum absolute atomic E-state index is 0.760. The van der Waals surface area contributed by atoms with Gasteiger partial charge >= 0.3 is 0 Å². The molecule has 116 valence electrons. The van der Waals surface area contributed by atoms with Crippen LogP contribution >= 0.6 is 18.6 Å². The van der Waals surface area contributed by atoms with Crippen LogP contribution in [0.4, 0.5) is 0 Å². The van der Waals surface area contributed by atoms with Gasteiger partial charge in [-0.05, 0) is 26.2 Å². The average molecular weight is 314 g/mol. The zero-order chi connectivity index (χ0) is 15.0. The van der Waals surface area contributed by atoms with Gasteiger partial charge in [-0.1, -0.05) is 40.0 Å². The average Bonchev–Trinajstić information content (AvgIpc) is 2.86. The molecule has 0 saturated heterocycles. The highest BCUT2D eigenvalue weighted by Gasteiger charge is 2.41. The lowest BCUT2D eigenvalue weighted by molar-refractivity contribution is 0.733. The molecular formula is C17H33NPS+.